The van der Waals surface area contributed by atoms with Crippen LogP contribution in [0.2, 0.25) is 0 Å². The van der Waals surface area contributed by atoms with Gasteiger partial charge in [0.05, 0.1) is 0 Å². The first-order chi connectivity index (χ1) is 6.79. The Morgan fingerprint density at radius 1 is 1.36 bits per heavy atom. The highest BCUT2D eigenvalue weighted by molar-refractivity contribution is 5.16. The average molecular weight is 191 g/mol. The molecule has 0 aromatic carbocycles. The molecule has 2 heterocycles. The first-order valence-electron chi connectivity index (χ1n) is 5.11. The minimum absolute atomic E-state index is 0.488. The van der Waals surface area contributed by atoms with Gasteiger partial charge in [0, 0.05) is 37.6 Å². The van der Waals surface area contributed by atoms with Crippen molar-refractivity contribution in [3.63, 3.8) is 0 Å². The standard InChI is InChI=1S/C11H17N3/c1-9-7-13-8-11(14(9)2)10-3-5-12-6-4-10/h3-6,9,11,13H,7-8H2,1-2H3/t9-,11?/m1/s1. The van der Waals surface area contributed by atoms with Gasteiger partial charge in [0.15, 0.2) is 0 Å². The van der Waals surface area contributed by atoms with Crippen LogP contribution in [0.1, 0.15) is 18.5 Å². The molecule has 0 saturated carbocycles. The molecule has 76 valence electrons. The van der Waals surface area contributed by atoms with Crippen LogP contribution in [0, 0.1) is 0 Å². The van der Waals surface area contributed by atoms with E-state index in [-0.39, 0.29) is 0 Å². The topological polar surface area (TPSA) is 28.2 Å². The lowest BCUT2D eigenvalue weighted by atomic mass is 10.0. The van der Waals surface area contributed by atoms with E-state index < -0.39 is 0 Å². The van der Waals surface area contributed by atoms with Gasteiger partial charge in [-0.25, -0.2) is 0 Å². The molecule has 1 fully saturated rings. The summed E-state index contributed by atoms with van der Waals surface area (Å²) in [4.78, 5) is 6.47. The Morgan fingerprint density at radius 2 is 2.07 bits per heavy atom. The molecule has 0 amide bonds. The van der Waals surface area contributed by atoms with Crippen LogP contribution in [0.3, 0.4) is 0 Å². The highest BCUT2D eigenvalue weighted by Crippen LogP contribution is 2.22. The number of likely N-dealkylation sites (N-methyl/N-ethyl adjacent to an activating group) is 1. The maximum Gasteiger partial charge on any atom is 0.0474 e. The van der Waals surface area contributed by atoms with Crippen LogP contribution in [0.5, 0.6) is 0 Å². The second-order valence-electron chi connectivity index (χ2n) is 3.97. The van der Waals surface area contributed by atoms with Crippen LogP contribution in [-0.4, -0.2) is 36.1 Å². The van der Waals surface area contributed by atoms with E-state index in [0.29, 0.717) is 12.1 Å². The summed E-state index contributed by atoms with van der Waals surface area (Å²) in [5.74, 6) is 0. The number of nitrogens with zero attached hydrogens (tertiary/aromatic N) is 2. The Bertz CT molecular complexity index is 286. The summed E-state index contributed by atoms with van der Waals surface area (Å²) >= 11 is 0. The van der Waals surface area contributed by atoms with Gasteiger partial charge in [0.25, 0.3) is 0 Å². The van der Waals surface area contributed by atoms with Crippen molar-refractivity contribution in [3.05, 3.63) is 30.1 Å². The lowest BCUT2D eigenvalue weighted by Crippen LogP contribution is -2.49. The molecule has 0 bridgehead atoms. The quantitative estimate of drug-likeness (QED) is 0.719. The number of piperazine rings is 1. The minimum atomic E-state index is 0.488. The van der Waals surface area contributed by atoms with Crippen LogP contribution >= 0.6 is 0 Å². The second kappa shape index (κ2) is 4.07. The Kier molecular flexibility index (Phi) is 2.79. The summed E-state index contributed by atoms with van der Waals surface area (Å²) in [6.07, 6.45) is 3.73. The molecule has 1 aliphatic heterocycles. The zero-order chi connectivity index (χ0) is 9.97. The van der Waals surface area contributed by atoms with Crippen LogP contribution in [0.25, 0.3) is 0 Å². The fraction of sp³-hybridized carbons (Fsp3) is 0.545. The lowest BCUT2D eigenvalue weighted by Gasteiger charge is -2.38. The van der Waals surface area contributed by atoms with Gasteiger partial charge in [-0.1, -0.05) is 0 Å². The molecule has 1 aromatic rings. The Balaban J connectivity index is 2.17. The number of nitrogens with one attached hydrogen (secondary N) is 1. The summed E-state index contributed by atoms with van der Waals surface area (Å²) in [5.41, 5.74) is 1.35. The molecule has 0 spiro atoms. The number of hydrogen-bond donors (Lipinski definition) is 1. The fourth-order valence-electron chi connectivity index (χ4n) is 1.96. The van der Waals surface area contributed by atoms with Crippen molar-refractivity contribution in [2.75, 3.05) is 20.1 Å². The molecule has 1 aromatic heterocycles. The number of rotatable bonds is 1. The molecule has 14 heavy (non-hydrogen) atoms. The molecule has 2 rings (SSSR count). The smallest absolute Gasteiger partial charge is 0.0474 e. The van der Waals surface area contributed by atoms with Crippen molar-refractivity contribution in [1.29, 1.82) is 0 Å². The van der Waals surface area contributed by atoms with Crippen LogP contribution in [0.4, 0.5) is 0 Å². The molecule has 2 atom stereocenters. The van der Waals surface area contributed by atoms with E-state index >= 15 is 0 Å². The van der Waals surface area contributed by atoms with Crippen molar-refractivity contribution < 1.29 is 0 Å². The fourth-order valence-corrected chi connectivity index (χ4v) is 1.96. The minimum Gasteiger partial charge on any atom is -0.313 e. The monoisotopic (exact) mass is 191 g/mol. The highest BCUT2D eigenvalue weighted by Gasteiger charge is 2.24. The predicted molar refractivity (Wildman–Crippen MR) is 57.1 cm³/mol. The average Bonchev–Trinajstić information content (AvgIpc) is 2.23. The molecule has 1 aliphatic rings. The molecule has 0 aliphatic carbocycles. The third kappa shape index (κ3) is 1.79. The van der Waals surface area contributed by atoms with Gasteiger partial charge < -0.3 is 5.32 Å². The van der Waals surface area contributed by atoms with Gasteiger partial charge >= 0.3 is 0 Å². The Labute approximate surface area is 85.1 Å². The maximum absolute atomic E-state index is 4.05. The second-order valence-corrected chi connectivity index (χ2v) is 3.97. The number of pyridine rings is 1. The maximum atomic E-state index is 4.05. The largest absolute Gasteiger partial charge is 0.313 e. The van der Waals surface area contributed by atoms with E-state index in [4.69, 9.17) is 0 Å². The van der Waals surface area contributed by atoms with Crippen molar-refractivity contribution in [2.45, 2.75) is 19.0 Å². The first-order valence-corrected chi connectivity index (χ1v) is 5.11. The van der Waals surface area contributed by atoms with Gasteiger partial charge in [-0.2, -0.15) is 0 Å². The van der Waals surface area contributed by atoms with Crippen LogP contribution in [-0.2, 0) is 0 Å². The zero-order valence-corrected chi connectivity index (χ0v) is 8.77. The van der Waals surface area contributed by atoms with E-state index in [9.17, 15) is 0 Å². The van der Waals surface area contributed by atoms with Crippen LogP contribution in [0.15, 0.2) is 24.5 Å². The highest BCUT2D eigenvalue weighted by atomic mass is 15.2. The van der Waals surface area contributed by atoms with Gasteiger partial charge in [0.2, 0.25) is 0 Å². The summed E-state index contributed by atoms with van der Waals surface area (Å²) in [6, 6.07) is 5.28. The molecular weight excluding hydrogens is 174 g/mol. The van der Waals surface area contributed by atoms with Crippen molar-refractivity contribution >= 4 is 0 Å². The summed E-state index contributed by atoms with van der Waals surface area (Å²) in [5, 5.41) is 3.45. The SMILES string of the molecule is C[C@@H]1CNCC(c2ccncc2)N1C. The third-order valence-corrected chi connectivity index (χ3v) is 3.06. The van der Waals surface area contributed by atoms with E-state index in [1.165, 1.54) is 5.56 Å². The molecule has 1 saturated heterocycles. The van der Waals surface area contributed by atoms with Crippen molar-refractivity contribution in [3.8, 4) is 0 Å². The van der Waals surface area contributed by atoms with Gasteiger partial charge in [-0.05, 0) is 31.7 Å². The van der Waals surface area contributed by atoms with Gasteiger partial charge in [-0.15, -0.1) is 0 Å². The van der Waals surface area contributed by atoms with Gasteiger partial charge in [0.1, 0.15) is 0 Å². The Hall–Kier alpha value is -0.930. The number of aromatic nitrogens is 1. The van der Waals surface area contributed by atoms with E-state index in [1.807, 2.05) is 12.4 Å². The van der Waals surface area contributed by atoms with Crippen molar-refractivity contribution in [2.24, 2.45) is 0 Å². The molecule has 1 N–H and O–H groups in total. The summed E-state index contributed by atoms with van der Waals surface area (Å²) < 4.78 is 0. The lowest BCUT2D eigenvalue weighted by molar-refractivity contribution is 0.141. The van der Waals surface area contributed by atoms with Crippen molar-refractivity contribution in [1.82, 2.24) is 15.2 Å². The number of hydrogen-bond acceptors (Lipinski definition) is 3. The molecule has 3 nitrogen and oxygen atoms in total. The zero-order valence-electron chi connectivity index (χ0n) is 8.77. The molecular formula is C11H17N3. The Morgan fingerprint density at radius 3 is 2.79 bits per heavy atom. The first kappa shape index (κ1) is 9.62. The predicted octanol–water partition coefficient (Wildman–Crippen LogP) is 1.05. The van der Waals surface area contributed by atoms with E-state index in [2.05, 4.69) is 41.3 Å². The van der Waals surface area contributed by atoms with Crippen LogP contribution < -0.4 is 5.32 Å². The third-order valence-electron chi connectivity index (χ3n) is 3.06. The molecule has 1 unspecified atom stereocenters. The van der Waals surface area contributed by atoms with E-state index in [0.717, 1.165) is 13.1 Å². The molecule has 0 radical (unpaired) electrons. The molecule has 3 heteroatoms. The summed E-state index contributed by atoms with van der Waals surface area (Å²) in [6.45, 7) is 4.36. The van der Waals surface area contributed by atoms with E-state index in [1.54, 1.807) is 0 Å². The summed E-state index contributed by atoms with van der Waals surface area (Å²) in [7, 11) is 2.19. The normalized spacial score (nSPS) is 29.0. The van der Waals surface area contributed by atoms with Gasteiger partial charge in [-0.3, -0.25) is 9.88 Å².